The van der Waals surface area contributed by atoms with Crippen LogP contribution < -0.4 is 14.5 Å². The van der Waals surface area contributed by atoms with E-state index in [-0.39, 0.29) is 26.5 Å². The van der Waals surface area contributed by atoms with Crippen molar-refractivity contribution in [3.63, 3.8) is 0 Å². The largest absolute Gasteiger partial charge is 0.509 e. The van der Waals surface area contributed by atoms with Crippen molar-refractivity contribution in [3.8, 4) is 23.0 Å². The molecule has 250 valence electrons. The minimum Gasteiger partial charge on any atom is -0.509 e. The van der Waals surface area contributed by atoms with Crippen LogP contribution in [0.4, 0.5) is 17.1 Å². The van der Waals surface area contributed by atoms with Crippen molar-refractivity contribution in [2.75, 3.05) is 16.8 Å². The fraction of sp³-hybridized carbons (Fsp3) is 0.116. The molecule has 0 amide bonds. The second kappa shape index (κ2) is 12.2. The normalized spacial score (nSPS) is 12.9. The van der Waals surface area contributed by atoms with Crippen molar-refractivity contribution in [2.24, 2.45) is 0 Å². The number of hydrogen-bond acceptors (Lipinski definition) is 4. The molecule has 8 aromatic rings. The third kappa shape index (κ3) is 5.35. The summed E-state index contributed by atoms with van der Waals surface area (Å²) in [6.07, 6.45) is 4.05. The first-order valence-electron chi connectivity index (χ1n) is 16.5. The summed E-state index contributed by atoms with van der Waals surface area (Å²) in [5.41, 5.74) is 8.39. The molecule has 0 aliphatic carbocycles. The molecule has 5 aromatic carbocycles. The third-order valence-electron chi connectivity index (χ3n) is 9.37. The van der Waals surface area contributed by atoms with Crippen molar-refractivity contribution < 1.29 is 25.8 Å². The van der Waals surface area contributed by atoms with E-state index < -0.39 is 0 Å². The van der Waals surface area contributed by atoms with Crippen LogP contribution in [-0.4, -0.2) is 21.2 Å². The first-order valence-corrected chi connectivity index (χ1v) is 16.5. The van der Waals surface area contributed by atoms with E-state index in [4.69, 9.17) is 9.72 Å². The van der Waals surface area contributed by atoms with Crippen molar-refractivity contribution in [1.29, 1.82) is 0 Å². The van der Waals surface area contributed by atoms with Crippen molar-refractivity contribution >= 4 is 49.8 Å². The zero-order valence-electron chi connectivity index (χ0n) is 28.2. The molecule has 0 N–H and O–H groups in total. The van der Waals surface area contributed by atoms with Gasteiger partial charge in [-0.1, -0.05) is 74.8 Å². The maximum Gasteiger partial charge on any atom is 0.137 e. The molecule has 0 spiro atoms. The molecular weight excluding hydrogens is 798 g/mol. The Morgan fingerprint density at radius 2 is 1.48 bits per heavy atom. The molecule has 4 heterocycles. The summed E-state index contributed by atoms with van der Waals surface area (Å²) in [6.45, 7) is 8.76. The van der Waals surface area contributed by atoms with Crippen LogP contribution in [-0.2, 0) is 26.5 Å². The van der Waals surface area contributed by atoms with Gasteiger partial charge in [-0.3, -0.25) is 0 Å². The Bertz CT molecular complexity index is 2530. The summed E-state index contributed by atoms with van der Waals surface area (Å²) in [5, 5.41) is 3.30. The van der Waals surface area contributed by atoms with Crippen LogP contribution >= 0.6 is 0 Å². The van der Waals surface area contributed by atoms with Gasteiger partial charge in [-0.25, -0.2) is 4.98 Å². The second-order valence-corrected chi connectivity index (χ2v) is 13.6. The van der Waals surface area contributed by atoms with E-state index in [0.29, 0.717) is 11.5 Å². The summed E-state index contributed by atoms with van der Waals surface area (Å²) >= 11 is 0. The zero-order chi connectivity index (χ0) is 33.3. The number of pyridine rings is 1. The van der Waals surface area contributed by atoms with E-state index in [9.17, 15) is 0 Å². The Labute approximate surface area is 306 Å². The molecule has 0 saturated carbocycles. The fourth-order valence-electron chi connectivity index (χ4n) is 6.85. The van der Waals surface area contributed by atoms with Gasteiger partial charge in [0.1, 0.15) is 5.82 Å². The molecule has 3 aromatic heterocycles. The molecule has 7 heteroatoms. The minimum atomic E-state index is -0.102. The average molecular weight is 832 g/mol. The van der Waals surface area contributed by atoms with Gasteiger partial charge >= 0.3 is 0 Å². The maximum absolute atomic E-state index is 6.66. The zero-order valence-corrected chi connectivity index (χ0v) is 30.4. The van der Waals surface area contributed by atoms with Gasteiger partial charge in [-0.2, -0.15) is 12.7 Å². The number of anilines is 3. The van der Waals surface area contributed by atoms with Crippen LogP contribution in [0.1, 0.15) is 26.3 Å². The van der Waals surface area contributed by atoms with E-state index in [0.717, 1.165) is 66.8 Å². The predicted octanol–water partition coefficient (Wildman–Crippen LogP) is 10.5. The van der Waals surface area contributed by atoms with Crippen LogP contribution in [0, 0.1) is 18.8 Å². The topological polar surface area (TPSA) is 38.5 Å². The molecular formula is C43H34N5OPt-3. The van der Waals surface area contributed by atoms with E-state index in [2.05, 4.69) is 175 Å². The Kier molecular flexibility index (Phi) is 7.80. The molecule has 6 nitrogen and oxygen atoms in total. The summed E-state index contributed by atoms with van der Waals surface area (Å²) in [6, 6.07) is 47.1. The van der Waals surface area contributed by atoms with Crippen LogP contribution in [0.2, 0.25) is 0 Å². The van der Waals surface area contributed by atoms with E-state index in [1.807, 2.05) is 18.3 Å². The third-order valence-corrected chi connectivity index (χ3v) is 9.37. The smallest absolute Gasteiger partial charge is 0.137 e. The van der Waals surface area contributed by atoms with Crippen molar-refractivity contribution in [2.45, 2.75) is 26.2 Å². The van der Waals surface area contributed by atoms with Gasteiger partial charge in [-0.05, 0) is 54.2 Å². The molecule has 0 saturated heterocycles. The van der Waals surface area contributed by atoms with Crippen LogP contribution in [0.5, 0.6) is 11.5 Å². The van der Waals surface area contributed by atoms with E-state index >= 15 is 0 Å². The average Bonchev–Trinajstić information content (AvgIpc) is 3.79. The number of rotatable bonds is 5. The number of benzene rings is 5. The van der Waals surface area contributed by atoms with Crippen molar-refractivity contribution in [1.82, 2.24) is 14.1 Å². The Balaban J connectivity index is 0.00000361. The Morgan fingerprint density at radius 3 is 2.30 bits per heavy atom. The SMILES string of the molecule is CN1[CH-]N(c2[c-]c(Oc3[c-]c4c(cc3)c3ccccc3n4-c3cc4c(ccn4-c4ccccc4)cn3)cc(C(C)(C)C)c2)c2ccccc21.[Pt]. The summed E-state index contributed by atoms with van der Waals surface area (Å²) in [5.74, 6) is 2.07. The van der Waals surface area contributed by atoms with E-state index in [1.165, 1.54) is 0 Å². The number of ether oxygens (including phenoxy) is 1. The Morgan fingerprint density at radius 1 is 0.720 bits per heavy atom. The van der Waals surface area contributed by atoms with Crippen molar-refractivity contribution in [3.05, 3.63) is 152 Å². The van der Waals surface area contributed by atoms with E-state index in [1.54, 1.807) is 0 Å². The van der Waals surface area contributed by atoms with Gasteiger partial charge in [-0.15, -0.1) is 47.0 Å². The monoisotopic (exact) mass is 831 g/mol. The van der Waals surface area contributed by atoms with Gasteiger partial charge in [0, 0.05) is 79.0 Å². The molecule has 0 radical (unpaired) electrons. The maximum atomic E-state index is 6.66. The molecule has 1 aliphatic rings. The number of para-hydroxylation sites is 4. The standard InChI is InChI=1S/C43H34N5O.Pt/c1-43(2,3)30-22-32(47-28-45(4)38-16-10-11-17-39(38)47)24-34(23-30)49-33-18-19-36-35-14-8-9-15-37(35)48(41(36)25-33)42-26-40-29(27-44-42)20-21-46(40)31-12-6-5-7-13-31;/h5-23,26-28H,1-4H3;/q-3;. The number of nitrogens with zero attached hydrogens (tertiary/aromatic N) is 5. The molecule has 0 bridgehead atoms. The first-order chi connectivity index (χ1) is 23.8. The van der Waals surface area contributed by atoms with Gasteiger partial charge in [0.05, 0.1) is 5.52 Å². The minimum absolute atomic E-state index is 0. The molecule has 0 fully saturated rings. The molecule has 1 aliphatic heterocycles. The van der Waals surface area contributed by atoms with Gasteiger partial charge in [0.25, 0.3) is 0 Å². The molecule has 0 unspecified atom stereocenters. The predicted molar refractivity (Wildman–Crippen MR) is 200 cm³/mol. The fourth-order valence-corrected chi connectivity index (χ4v) is 6.85. The van der Waals surface area contributed by atoms with Gasteiger partial charge in [0.2, 0.25) is 0 Å². The van der Waals surface area contributed by atoms with Crippen LogP contribution in [0.25, 0.3) is 44.2 Å². The quantitative estimate of drug-likeness (QED) is 0.162. The Hall–Kier alpha value is -5.32. The number of fused-ring (bicyclic) bond motifs is 5. The second-order valence-electron chi connectivity index (χ2n) is 13.6. The van der Waals surface area contributed by atoms with Gasteiger partial charge in [0.15, 0.2) is 0 Å². The summed E-state index contributed by atoms with van der Waals surface area (Å²) < 4.78 is 11.0. The molecule has 9 rings (SSSR count). The van der Waals surface area contributed by atoms with Gasteiger partial charge < -0.3 is 23.7 Å². The molecule has 0 atom stereocenters. The first kappa shape index (κ1) is 31.9. The summed E-state index contributed by atoms with van der Waals surface area (Å²) in [4.78, 5) is 9.27. The van der Waals surface area contributed by atoms with Crippen LogP contribution in [0.15, 0.2) is 128 Å². The molecule has 50 heavy (non-hydrogen) atoms. The van der Waals surface area contributed by atoms with Crippen LogP contribution in [0.3, 0.4) is 0 Å². The number of hydrogen-bond donors (Lipinski definition) is 0. The summed E-state index contributed by atoms with van der Waals surface area (Å²) in [7, 11) is 2.07. The number of aromatic nitrogens is 3.